The molecule has 128 valence electrons. The number of hydrogen-bond donors (Lipinski definition) is 0. The Bertz CT molecular complexity index is 691. The van der Waals surface area contributed by atoms with Crippen LogP contribution in [0.2, 0.25) is 0 Å². The van der Waals surface area contributed by atoms with E-state index in [4.69, 9.17) is 0 Å². The Hall–Kier alpha value is -2.28. The lowest BCUT2D eigenvalue weighted by atomic mass is 10.1. The third-order valence-corrected chi connectivity index (χ3v) is 4.26. The third-order valence-electron chi connectivity index (χ3n) is 4.26. The van der Waals surface area contributed by atoms with Crippen LogP contribution < -0.4 is 0 Å². The van der Waals surface area contributed by atoms with Gasteiger partial charge >= 0.3 is 6.55 Å². The van der Waals surface area contributed by atoms with Crippen LogP contribution in [0, 0.1) is 6.92 Å². The predicted octanol–water partition coefficient (Wildman–Crippen LogP) is 2.54. The van der Waals surface area contributed by atoms with Crippen molar-refractivity contribution in [3.8, 4) is 0 Å². The van der Waals surface area contributed by atoms with Crippen molar-refractivity contribution < 1.29 is 13.6 Å². The topological polar surface area (TPSA) is 41.4 Å². The maximum Gasteiger partial charge on any atom is 0.333 e. The minimum absolute atomic E-state index is 0.0583. The molecular weight excluding hydrogens is 314 g/mol. The molecule has 0 spiro atoms. The SMILES string of the molecule is Cc1ccc(CN2CCN(C(=O)c3ccnn3C(F)F)CC2)cc1. The molecule has 1 saturated heterocycles. The second kappa shape index (κ2) is 7.09. The van der Waals surface area contributed by atoms with E-state index in [0.717, 1.165) is 19.6 Å². The van der Waals surface area contributed by atoms with Gasteiger partial charge in [0, 0.05) is 38.9 Å². The van der Waals surface area contributed by atoms with Gasteiger partial charge < -0.3 is 4.90 Å². The molecule has 0 atom stereocenters. The molecule has 3 rings (SSSR count). The number of amides is 1. The van der Waals surface area contributed by atoms with E-state index in [1.54, 1.807) is 4.90 Å². The fraction of sp³-hybridized carbons (Fsp3) is 0.412. The summed E-state index contributed by atoms with van der Waals surface area (Å²) in [5, 5.41) is 3.52. The van der Waals surface area contributed by atoms with Gasteiger partial charge in [-0.25, -0.2) is 0 Å². The maximum atomic E-state index is 12.8. The van der Waals surface area contributed by atoms with Crippen molar-refractivity contribution in [1.29, 1.82) is 0 Å². The highest BCUT2D eigenvalue weighted by Gasteiger charge is 2.26. The molecule has 1 aliphatic heterocycles. The Balaban J connectivity index is 1.57. The molecule has 2 aromatic rings. The van der Waals surface area contributed by atoms with E-state index in [1.165, 1.54) is 23.4 Å². The van der Waals surface area contributed by atoms with E-state index >= 15 is 0 Å². The molecule has 1 aliphatic rings. The molecule has 0 aliphatic carbocycles. The average molecular weight is 334 g/mol. The number of alkyl halides is 2. The molecule has 0 bridgehead atoms. The zero-order valence-electron chi connectivity index (χ0n) is 13.5. The van der Waals surface area contributed by atoms with Crippen LogP contribution >= 0.6 is 0 Å². The fourth-order valence-corrected chi connectivity index (χ4v) is 2.86. The number of nitrogens with zero attached hydrogens (tertiary/aromatic N) is 4. The average Bonchev–Trinajstić information content (AvgIpc) is 3.07. The van der Waals surface area contributed by atoms with E-state index in [2.05, 4.69) is 41.2 Å². The fourth-order valence-electron chi connectivity index (χ4n) is 2.86. The zero-order valence-corrected chi connectivity index (χ0v) is 13.5. The van der Waals surface area contributed by atoms with Gasteiger partial charge in [-0.15, -0.1) is 0 Å². The van der Waals surface area contributed by atoms with E-state index in [1.807, 2.05) is 0 Å². The second-order valence-electron chi connectivity index (χ2n) is 5.99. The number of piperazine rings is 1. The second-order valence-corrected chi connectivity index (χ2v) is 5.99. The van der Waals surface area contributed by atoms with Gasteiger partial charge in [0.05, 0.1) is 0 Å². The van der Waals surface area contributed by atoms with Crippen LogP contribution in [0.3, 0.4) is 0 Å². The molecule has 24 heavy (non-hydrogen) atoms. The molecule has 1 aromatic heterocycles. The van der Waals surface area contributed by atoms with Crippen LogP contribution in [-0.2, 0) is 6.54 Å². The summed E-state index contributed by atoms with van der Waals surface area (Å²) >= 11 is 0. The molecule has 0 unspecified atom stereocenters. The van der Waals surface area contributed by atoms with Crippen molar-refractivity contribution in [2.24, 2.45) is 0 Å². The largest absolute Gasteiger partial charge is 0.335 e. The first-order chi connectivity index (χ1) is 11.5. The summed E-state index contributed by atoms with van der Waals surface area (Å²) < 4.78 is 26.2. The van der Waals surface area contributed by atoms with Gasteiger partial charge in [0.25, 0.3) is 5.91 Å². The first-order valence-electron chi connectivity index (χ1n) is 7.93. The summed E-state index contributed by atoms with van der Waals surface area (Å²) in [7, 11) is 0. The highest BCUT2D eigenvalue weighted by Crippen LogP contribution is 2.16. The standard InChI is InChI=1S/C17H20F2N4O/c1-13-2-4-14(5-3-13)12-21-8-10-22(11-9-21)16(24)15-6-7-20-23(15)17(18)19/h2-7,17H,8-12H2,1H3. The lowest BCUT2D eigenvalue weighted by molar-refractivity contribution is 0.0424. The van der Waals surface area contributed by atoms with E-state index < -0.39 is 6.55 Å². The Labute approximate surface area is 139 Å². The number of benzene rings is 1. The first kappa shape index (κ1) is 16.6. The highest BCUT2D eigenvalue weighted by molar-refractivity contribution is 5.92. The van der Waals surface area contributed by atoms with Crippen LogP contribution in [-0.4, -0.2) is 51.7 Å². The van der Waals surface area contributed by atoms with Gasteiger partial charge in [-0.1, -0.05) is 29.8 Å². The maximum absolute atomic E-state index is 12.8. The van der Waals surface area contributed by atoms with Crippen molar-refractivity contribution in [3.05, 3.63) is 53.3 Å². The molecule has 1 amide bonds. The Morgan fingerprint density at radius 3 is 2.42 bits per heavy atom. The van der Waals surface area contributed by atoms with Gasteiger partial charge in [-0.05, 0) is 18.6 Å². The van der Waals surface area contributed by atoms with Crippen LogP contribution in [0.4, 0.5) is 8.78 Å². The van der Waals surface area contributed by atoms with E-state index in [-0.39, 0.29) is 11.6 Å². The molecule has 7 heteroatoms. The van der Waals surface area contributed by atoms with Crippen LogP contribution in [0.1, 0.15) is 28.2 Å². The van der Waals surface area contributed by atoms with Gasteiger partial charge in [0.2, 0.25) is 0 Å². The zero-order chi connectivity index (χ0) is 17.1. The number of halogens is 2. The highest BCUT2D eigenvalue weighted by atomic mass is 19.3. The van der Waals surface area contributed by atoms with Gasteiger partial charge in [0.15, 0.2) is 0 Å². The molecule has 5 nitrogen and oxygen atoms in total. The summed E-state index contributed by atoms with van der Waals surface area (Å²) in [6.07, 6.45) is 1.23. The number of carbonyl (C=O) groups excluding carboxylic acids is 1. The third kappa shape index (κ3) is 3.62. The van der Waals surface area contributed by atoms with Crippen molar-refractivity contribution in [2.75, 3.05) is 26.2 Å². The van der Waals surface area contributed by atoms with Crippen LogP contribution in [0.5, 0.6) is 0 Å². The summed E-state index contributed by atoms with van der Waals surface area (Å²) in [5.74, 6) is -0.386. The molecular formula is C17H20F2N4O. The first-order valence-corrected chi connectivity index (χ1v) is 7.93. The Morgan fingerprint density at radius 1 is 1.12 bits per heavy atom. The van der Waals surface area contributed by atoms with Crippen molar-refractivity contribution >= 4 is 5.91 Å². The monoisotopic (exact) mass is 334 g/mol. The predicted molar refractivity (Wildman–Crippen MR) is 85.8 cm³/mol. The van der Waals surface area contributed by atoms with Crippen molar-refractivity contribution in [3.63, 3.8) is 0 Å². The molecule has 2 heterocycles. The summed E-state index contributed by atoms with van der Waals surface area (Å²) in [5.41, 5.74) is 2.40. The van der Waals surface area contributed by atoms with Gasteiger partial charge in [-0.2, -0.15) is 18.6 Å². The molecule has 0 N–H and O–H groups in total. The van der Waals surface area contributed by atoms with Gasteiger partial charge in [0.1, 0.15) is 5.69 Å². The lowest BCUT2D eigenvalue weighted by Crippen LogP contribution is -2.48. The smallest absolute Gasteiger partial charge is 0.333 e. The summed E-state index contributed by atoms with van der Waals surface area (Å²) in [6, 6.07) is 9.72. The summed E-state index contributed by atoms with van der Waals surface area (Å²) in [4.78, 5) is 16.3. The number of aromatic nitrogens is 2. The Morgan fingerprint density at radius 2 is 1.79 bits per heavy atom. The number of hydrogen-bond acceptors (Lipinski definition) is 3. The van der Waals surface area contributed by atoms with E-state index in [0.29, 0.717) is 17.8 Å². The minimum atomic E-state index is -2.80. The lowest BCUT2D eigenvalue weighted by Gasteiger charge is -2.34. The molecule has 0 saturated carbocycles. The van der Waals surface area contributed by atoms with Crippen molar-refractivity contribution in [2.45, 2.75) is 20.0 Å². The molecule has 1 fully saturated rings. The van der Waals surface area contributed by atoms with Crippen molar-refractivity contribution in [1.82, 2.24) is 19.6 Å². The number of aryl methyl sites for hydroxylation is 1. The molecule has 0 radical (unpaired) electrons. The normalized spacial score (nSPS) is 15.9. The van der Waals surface area contributed by atoms with E-state index in [9.17, 15) is 13.6 Å². The molecule has 1 aromatic carbocycles. The van der Waals surface area contributed by atoms with Crippen LogP contribution in [0.25, 0.3) is 0 Å². The Kier molecular flexibility index (Phi) is 4.89. The minimum Gasteiger partial charge on any atom is -0.335 e. The van der Waals surface area contributed by atoms with Gasteiger partial charge in [-0.3, -0.25) is 9.69 Å². The van der Waals surface area contributed by atoms with Crippen LogP contribution in [0.15, 0.2) is 36.5 Å². The number of rotatable bonds is 4. The quantitative estimate of drug-likeness (QED) is 0.863. The number of carbonyl (C=O) groups is 1. The summed E-state index contributed by atoms with van der Waals surface area (Å²) in [6.45, 7) is 2.58.